The van der Waals surface area contributed by atoms with Crippen LogP contribution in [-0.4, -0.2) is 33.2 Å². The van der Waals surface area contributed by atoms with Crippen molar-refractivity contribution in [2.24, 2.45) is 0 Å². The Morgan fingerprint density at radius 1 is 1.00 bits per heavy atom. The molecule has 22 heavy (non-hydrogen) atoms. The Bertz CT molecular complexity index is 638. The fraction of sp³-hybridized carbons (Fsp3) is 0.385. The molecule has 0 atom stereocenters. The van der Waals surface area contributed by atoms with E-state index in [-0.39, 0.29) is 0 Å². The van der Waals surface area contributed by atoms with Crippen LogP contribution >= 0.6 is 0 Å². The van der Waals surface area contributed by atoms with Gasteiger partial charge in [-0.3, -0.25) is 4.90 Å². The van der Waals surface area contributed by atoms with E-state index >= 15 is 0 Å². The lowest BCUT2D eigenvalue weighted by molar-refractivity contribution is -2.00. The van der Waals surface area contributed by atoms with Crippen molar-refractivity contribution < 1.29 is 33.9 Å². The molecule has 0 fully saturated rings. The van der Waals surface area contributed by atoms with Gasteiger partial charge in [-0.2, -0.15) is 0 Å². The van der Waals surface area contributed by atoms with E-state index in [1.54, 1.807) is 0 Å². The van der Waals surface area contributed by atoms with Crippen LogP contribution in [0.2, 0.25) is 0 Å². The lowest BCUT2D eigenvalue weighted by Gasteiger charge is -2.17. The average molecular weight is 331 g/mol. The molecule has 1 heterocycles. The van der Waals surface area contributed by atoms with E-state index in [4.69, 9.17) is 18.6 Å². The molecule has 2 aromatic rings. The maximum atomic E-state index is 8.49. The SMILES string of the molecule is Cc1ccc2nc(N(C)C)[nH+]c(N(C)C)c2c1.[O-][Cl+3]([O-])([O-])[O-]. The Balaban J connectivity index is 0.000000422. The summed E-state index contributed by atoms with van der Waals surface area (Å²) >= 11 is 0. The number of rotatable bonds is 2. The molecule has 0 saturated heterocycles. The lowest BCUT2D eigenvalue weighted by atomic mass is 10.1. The molecule has 0 amide bonds. The Morgan fingerprint density at radius 2 is 1.55 bits per heavy atom. The van der Waals surface area contributed by atoms with E-state index in [9.17, 15) is 0 Å². The van der Waals surface area contributed by atoms with Gasteiger partial charge in [0.2, 0.25) is 5.82 Å². The van der Waals surface area contributed by atoms with E-state index in [2.05, 4.69) is 40.0 Å². The Labute approximate surface area is 131 Å². The number of benzene rings is 1. The number of H-pyrrole nitrogens is 1. The summed E-state index contributed by atoms with van der Waals surface area (Å²) in [6, 6.07) is 6.32. The number of halogens is 1. The third-order valence-electron chi connectivity index (χ3n) is 2.73. The molecule has 0 aliphatic rings. The number of aromatic amines is 1. The van der Waals surface area contributed by atoms with Crippen molar-refractivity contribution in [2.45, 2.75) is 6.92 Å². The highest BCUT2D eigenvalue weighted by Gasteiger charge is 2.15. The van der Waals surface area contributed by atoms with Crippen molar-refractivity contribution in [1.29, 1.82) is 0 Å². The highest BCUT2D eigenvalue weighted by Crippen LogP contribution is 2.22. The Kier molecular flexibility index (Phi) is 5.86. The minimum absolute atomic E-state index is 0.866. The van der Waals surface area contributed by atoms with Gasteiger partial charge >= 0.3 is 5.95 Å². The summed E-state index contributed by atoms with van der Waals surface area (Å²) in [7, 11) is 3.09. The number of hydrogen-bond donors (Lipinski definition) is 0. The van der Waals surface area contributed by atoms with Crippen LogP contribution in [0.25, 0.3) is 10.9 Å². The van der Waals surface area contributed by atoms with Crippen LogP contribution in [0.4, 0.5) is 11.8 Å². The standard InChI is InChI=1S/C13H18N4.ClHO4/c1-9-6-7-11-10(8-9)12(16(2)3)15-13(14-11)17(4)5;2-1(3,4)5/h6-8H,1-5H3;(H,2,3,4,5). The zero-order chi connectivity index (χ0) is 17.1. The minimum atomic E-state index is -4.94. The Morgan fingerprint density at radius 3 is 2.00 bits per heavy atom. The van der Waals surface area contributed by atoms with E-state index in [1.807, 2.05) is 33.1 Å². The van der Waals surface area contributed by atoms with Crippen molar-refractivity contribution in [1.82, 2.24) is 4.98 Å². The fourth-order valence-corrected chi connectivity index (χ4v) is 1.82. The molecule has 122 valence electrons. The van der Waals surface area contributed by atoms with Crippen molar-refractivity contribution >= 4 is 22.7 Å². The first kappa shape index (κ1) is 18.3. The summed E-state index contributed by atoms with van der Waals surface area (Å²) in [6.45, 7) is 2.10. The first-order valence-electron chi connectivity index (χ1n) is 6.29. The molecular weight excluding hydrogens is 312 g/mol. The van der Waals surface area contributed by atoms with E-state index < -0.39 is 10.2 Å². The molecule has 1 N–H and O–H groups in total. The summed E-state index contributed by atoms with van der Waals surface area (Å²) in [4.78, 5) is 12.0. The van der Waals surface area contributed by atoms with Crippen LogP contribution in [0.1, 0.15) is 5.56 Å². The van der Waals surface area contributed by atoms with Crippen molar-refractivity contribution in [3.8, 4) is 0 Å². The van der Waals surface area contributed by atoms with Gasteiger partial charge < -0.3 is 4.90 Å². The highest BCUT2D eigenvalue weighted by molar-refractivity contribution is 5.88. The average Bonchev–Trinajstić information content (AvgIpc) is 2.35. The van der Waals surface area contributed by atoms with Gasteiger partial charge in [0.1, 0.15) is 5.52 Å². The summed E-state index contributed by atoms with van der Waals surface area (Å²) in [5.41, 5.74) is 2.26. The summed E-state index contributed by atoms with van der Waals surface area (Å²) in [5.74, 6) is 1.95. The monoisotopic (exact) mass is 330 g/mol. The fourth-order valence-electron chi connectivity index (χ4n) is 1.82. The lowest BCUT2D eigenvalue weighted by Crippen LogP contribution is -2.68. The molecule has 0 bridgehead atoms. The van der Waals surface area contributed by atoms with Gasteiger partial charge in [-0.15, -0.1) is 15.2 Å². The van der Waals surface area contributed by atoms with Gasteiger partial charge in [0.25, 0.3) is 0 Å². The van der Waals surface area contributed by atoms with Crippen LogP contribution in [0.15, 0.2) is 18.2 Å². The number of anilines is 2. The van der Waals surface area contributed by atoms with E-state index in [0.29, 0.717) is 0 Å². The maximum Gasteiger partial charge on any atom is 0.347 e. The molecule has 0 aliphatic carbocycles. The number of nitrogens with zero attached hydrogens (tertiary/aromatic N) is 3. The van der Waals surface area contributed by atoms with Crippen molar-refractivity contribution in [2.75, 3.05) is 38.0 Å². The molecule has 0 spiro atoms. The topological polar surface area (TPSA) is 126 Å². The number of nitrogens with one attached hydrogen (secondary N) is 1. The molecule has 0 aliphatic heterocycles. The minimum Gasteiger partial charge on any atom is -0.313 e. The third kappa shape index (κ3) is 5.58. The van der Waals surface area contributed by atoms with Gasteiger partial charge in [-0.05, 0) is 19.1 Å². The van der Waals surface area contributed by atoms with Crippen LogP contribution in [-0.2, 0) is 0 Å². The zero-order valence-electron chi connectivity index (χ0n) is 13.1. The molecule has 2 rings (SSSR count). The van der Waals surface area contributed by atoms with Crippen LogP contribution in [0.5, 0.6) is 0 Å². The van der Waals surface area contributed by atoms with Crippen molar-refractivity contribution in [3.05, 3.63) is 23.8 Å². The molecule has 1 aromatic carbocycles. The third-order valence-corrected chi connectivity index (χ3v) is 2.73. The van der Waals surface area contributed by atoms with Crippen LogP contribution in [0, 0.1) is 17.2 Å². The molecular formula is C13H19ClN4O4. The zero-order valence-corrected chi connectivity index (χ0v) is 13.8. The largest absolute Gasteiger partial charge is 0.347 e. The highest BCUT2D eigenvalue weighted by atomic mass is 35.7. The number of hydrogen-bond acceptors (Lipinski definition) is 7. The number of aryl methyl sites for hydroxylation is 1. The maximum absolute atomic E-state index is 8.49. The number of aromatic nitrogens is 2. The first-order valence-corrected chi connectivity index (χ1v) is 7.52. The second-order valence-electron chi connectivity index (χ2n) is 5.10. The summed E-state index contributed by atoms with van der Waals surface area (Å²) in [6.07, 6.45) is 0. The summed E-state index contributed by atoms with van der Waals surface area (Å²) in [5, 5.41) is 1.15. The summed E-state index contributed by atoms with van der Waals surface area (Å²) < 4.78 is 34.0. The van der Waals surface area contributed by atoms with Crippen LogP contribution in [0.3, 0.4) is 0 Å². The Hall–Kier alpha value is -1.71. The van der Waals surface area contributed by atoms with Crippen LogP contribution < -0.4 is 33.4 Å². The van der Waals surface area contributed by atoms with Gasteiger partial charge in [0, 0.05) is 28.2 Å². The smallest absolute Gasteiger partial charge is 0.313 e. The second kappa shape index (κ2) is 7.03. The molecule has 0 radical (unpaired) electrons. The van der Waals surface area contributed by atoms with Gasteiger partial charge in [-0.1, -0.05) is 11.6 Å². The quantitative estimate of drug-likeness (QED) is 0.565. The molecule has 0 unspecified atom stereocenters. The van der Waals surface area contributed by atoms with Gasteiger partial charge in [-0.25, -0.2) is 23.6 Å². The van der Waals surface area contributed by atoms with E-state index in [0.717, 1.165) is 22.7 Å². The number of fused-ring (bicyclic) bond motifs is 1. The predicted octanol–water partition coefficient (Wildman–Crippen LogP) is -3.27. The molecule has 1 aromatic heterocycles. The molecule has 9 heteroatoms. The van der Waals surface area contributed by atoms with Gasteiger partial charge in [0.15, 0.2) is 0 Å². The normalized spacial score (nSPS) is 11.0. The van der Waals surface area contributed by atoms with E-state index in [1.165, 1.54) is 5.56 Å². The first-order chi connectivity index (χ1) is 9.99. The van der Waals surface area contributed by atoms with Crippen molar-refractivity contribution in [3.63, 3.8) is 0 Å². The predicted molar refractivity (Wildman–Crippen MR) is 71.7 cm³/mol. The molecule has 0 saturated carbocycles. The second-order valence-corrected chi connectivity index (χ2v) is 5.85. The molecule has 8 nitrogen and oxygen atoms in total. The van der Waals surface area contributed by atoms with Gasteiger partial charge in [0.05, 0.1) is 5.39 Å².